The Balaban J connectivity index is 1.27. The number of amides is 3. The van der Waals surface area contributed by atoms with Crippen LogP contribution in [0.15, 0.2) is 42.5 Å². The van der Waals surface area contributed by atoms with Crippen LogP contribution in [0.25, 0.3) is 0 Å². The Morgan fingerprint density at radius 1 is 0.978 bits per heavy atom. The first-order valence-electron chi connectivity index (χ1n) is 16.0. The van der Waals surface area contributed by atoms with Gasteiger partial charge in [0.15, 0.2) is 6.29 Å². The molecule has 46 heavy (non-hydrogen) atoms. The fourth-order valence-electron chi connectivity index (χ4n) is 5.58. The summed E-state index contributed by atoms with van der Waals surface area (Å²) in [6, 6.07) is 12.3. The number of aldehydes is 1. The van der Waals surface area contributed by atoms with Crippen LogP contribution in [0.3, 0.4) is 0 Å². The first-order valence-corrected chi connectivity index (χ1v) is 16.0. The van der Waals surface area contributed by atoms with Gasteiger partial charge in [-0.2, -0.15) is 0 Å². The SMILES string of the molecule is CN1CCN(c2ccc(OC(C)(C)CCOC(C)(C)CCOc3cccc(C=O)c3C(=O)N(C)C3CCC(=O)NC3=O)cc2)CC1. The topological polar surface area (TPSA) is 118 Å². The zero-order chi connectivity index (χ0) is 33.5. The second-order valence-electron chi connectivity index (χ2n) is 13.3. The predicted molar refractivity (Wildman–Crippen MR) is 176 cm³/mol. The number of likely N-dealkylation sites (N-methyl/N-ethyl adjacent to an activating group) is 2. The largest absolute Gasteiger partial charge is 0.493 e. The van der Waals surface area contributed by atoms with Crippen molar-refractivity contribution >= 4 is 29.7 Å². The minimum Gasteiger partial charge on any atom is -0.493 e. The molecule has 2 saturated heterocycles. The van der Waals surface area contributed by atoms with Gasteiger partial charge in [0.25, 0.3) is 5.91 Å². The summed E-state index contributed by atoms with van der Waals surface area (Å²) in [5, 5.41) is 2.27. The molecule has 1 atom stereocenters. The molecule has 0 bridgehead atoms. The number of anilines is 1. The molecular weight excluding hydrogens is 588 g/mol. The lowest BCUT2D eigenvalue weighted by molar-refractivity contribution is -0.136. The maximum atomic E-state index is 13.5. The average molecular weight is 637 g/mol. The molecular formula is C35H48N4O7. The molecule has 11 nitrogen and oxygen atoms in total. The summed E-state index contributed by atoms with van der Waals surface area (Å²) in [4.78, 5) is 55.3. The normalized spacial score (nSPS) is 17.8. The van der Waals surface area contributed by atoms with E-state index in [0.29, 0.717) is 25.7 Å². The summed E-state index contributed by atoms with van der Waals surface area (Å²) in [5.74, 6) is -0.366. The van der Waals surface area contributed by atoms with Gasteiger partial charge in [-0.3, -0.25) is 24.5 Å². The van der Waals surface area contributed by atoms with Crippen LogP contribution in [0.1, 0.15) is 74.1 Å². The van der Waals surface area contributed by atoms with Crippen molar-refractivity contribution in [1.29, 1.82) is 0 Å². The molecule has 3 amide bonds. The first-order chi connectivity index (χ1) is 21.8. The van der Waals surface area contributed by atoms with Gasteiger partial charge in [0.1, 0.15) is 23.1 Å². The van der Waals surface area contributed by atoms with Crippen LogP contribution in [-0.4, -0.2) is 105 Å². The van der Waals surface area contributed by atoms with Crippen molar-refractivity contribution in [2.24, 2.45) is 0 Å². The van der Waals surface area contributed by atoms with E-state index in [1.165, 1.54) is 23.7 Å². The molecule has 250 valence electrons. The summed E-state index contributed by atoms with van der Waals surface area (Å²) in [5.41, 5.74) is 0.477. The van der Waals surface area contributed by atoms with Crippen molar-refractivity contribution < 1.29 is 33.4 Å². The highest BCUT2D eigenvalue weighted by molar-refractivity contribution is 6.07. The van der Waals surface area contributed by atoms with Crippen molar-refractivity contribution in [3.05, 3.63) is 53.6 Å². The third kappa shape index (κ3) is 9.29. The van der Waals surface area contributed by atoms with E-state index >= 15 is 0 Å². The number of hydrogen-bond donors (Lipinski definition) is 1. The zero-order valence-corrected chi connectivity index (χ0v) is 28.0. The molecule has 11 heteroatoms. The van der Waals surface area contributed by atoms with Gasteiger partial charge in [0, 0.05) is 63.7 Å². The molecule has 2 aromatic rings. The molecule has 1 unspecified atom stereocenters. The highest BCUT2D eigenvalue weighted by Crippen LogP contribution is 2.28. The van der Waals surface area contributed by atoms with Crippen LogP contribution >= 0.6 is 0 Å². The van der Waals surface area contributed by atoms with E-state index in [9.17, 15) is 19.2 Å². The summed E-state index contributed by atoms with van der Waals surface area (Å²) in [6.45, 7) is 12.9. The van der Waals surface area contributed by atoms with Crippen molar-refractivity contribution in [2.45, 2.75) is 70.6 Å². The minimum absolute atomic E-state index is 0.0823. The van der Waals surface area contributed by atoms with Gasteiger partial charge in [0.05, 0.1) is 24.4 Å². The number of piperazine rings is 1. The number of rotatable bonds is 14. The van der Waals surface area contributed by atoms with E-state index in [-0.39, 0.29) is 42.2 Å². The summed E-state index contributed by atoms with van der Waals surface area (Å²) < 4.78 is 18.6. The summed E-state index contributed by atoms with van der Waals surface area (Å²) >= 11 is 0. The Kier molecular flexibility index (Phi) is 11.4. The number of nitrogens with zero attached hydrogens (tertiary/aromatic N) is 3. The van der Waals surface area contributed by atoms with E-state index in [4.69, 9.17) is 14.2 Å². The van der Waals surface area contributed by atoms with Crippen molar-refractivity contribution in [3.8, 4) is 11.5 Å². The number of piperidine rings is 1. The molecule has 0 aromatic heterocycles. The van der Waals surface area contributed by atoms with E-state index in [1.54, 1.807) is 12.1 Å². The average Bonchev–Trinajstić information content (AvgIpc) is 3.00. The Morgan fingerprint density at radius 2 is 1.65 bits per heavy atom. The molecule has 2 aliphatic rings. The van der Waals surface area contributed by atoms with Gasteiger partial charge >= 0.3 is 0 Å². The van der Waals surface area contributed by atoms with Crippen LogP contribution < -0.4 is 19.7 Å². The third-order valence-electron chi connectivity index (χ3n) is 8.66. The lowest BCUT2D eigenvalue weighted by atomic mass is 10.0. The molecule has 4 rings (SSSR count). The monoisotopic (exact) mass is 636 g/mol. The molecule has 0 radical (unpaired) electrons. The van der Waals surface area contributed by atoms with Gasteiger partial charge in [-0.25, -0.2) is 0 Å². The molecule has 2 aliphatic heterocycles. The number of hydrogen-bond acceptors (Lipinski definition) is 9. The van der Waals surface area contributed by atoms with Crippen LogP contribution in [-0.2, 0) is 14.3 Å². The maximum absolute atomic E-state index is 13.5. The lowest BCUT2D eigenvalue weighted by Gasteiger charge is -2.34. The molecule has 0 spiro atoms. The van der Waals surface area contributed by atoms with Gasteiger partial charge < -0.3 is 28.9 Å². The van der Waals surface area contributed by atoms with E-state index in [2.05, 4.69) is 34.3 Å². The van der Waals surface area contributed by atoms with Gasteiger partial charge in [-0.15, -0.1) is 0 Å². The van der Waals surface area contributed by atoms with E-state index in [1.807, 2.05) is 39.8 Å². The molecule has 0 saturated carbocycles. The molecule has 1 N–H and O–H groups in total. The molecule has 2 heterocycles. The second kappa shape index (κ2) is 15.1. The highest BCUT2D eigenvalue weighted by atomic mass is 16.5. The van der Waals surface area contributed by atoms with Crippen molar-refractivity contribution in [3.63, 3.8) is 0 Å². The van der Waals surface area contributed by atoms with E-state index in [0.717, 1.165) is 31.9 Å². The number of ether oxygens (including phenoxy) is 3. The first kappa shape index (κ1) is 34.9. The number of carbonyl (C=O) groups excluding carboxylic acids is 4. The quantitative estimate of drug-likeness (QED) is 0.243. The Labute approximate surface area is 272 Å². The number of nitrogens with one attached hydrogen (secondary N) is 1. The van der Waals surface area contributed by atoms with Gasteiger partial charge in [-0.1, -0.05) is 12.1 Å². The number of imide groups is 1. The smallest absolute Gasteiger partial charge is 0.258 e. The fourth-order valence-corrected chi connectivity index (χ4v) is 5.58. The van der Waals surface area contributed by atoms with Crippen LogP contribution in [0.4, 0.5) is 5.69 Å². The van der Waals surface area contributed by atoms with Crippen LogP contribution in [0.2, 0.25) is 0 Å². The molecule has 2 aromatic carbocycles. The summed E-state index contributed by atoms with van der Waals surface area (Å²) in [6.07, 6.45) is 2.13. The van der Waals surface area contributed by atoms with E-state index < -0.39 is 29.1 Å². The minimum atomic E-state index is -0.820. The molecule has 2 fully saturated rings. The zero-order valence-electron chi connectivity index (χ0n) is 28.0. The second-order valence-corrected chi connectivity index (χ2v) is 13.3. The Bertz CT molecular complexity index is 1380. The Hall–Kier alpha value is -3.96. The van der Waals surface area contributed by atoms with Crippen molar-refractivity contribution in [2.75, 3.05) is 58.4 Å². The van der Waals surface area contributed by atoms with Crippen LogP contribution in [0, 0.1) is 0 Å². The predicted octanol–water partition coefficient (Wildman–Crippen LogP) is 3.94. The maximum Gasteiger partial charge on any atom is 0.258 e. The Morgan fingerprint density at radius 3 is 2.30 bits per heavy atom. The highest BCUT2D eigenvalue weighted by Gasteiger charge is 2.34. The third-order valence-corrected chi connectivity index (χ3v) is 8.66. The lowest BCUT2D eigenvalue weighted by Crippen LogP contribution is -2.53. The summed E-state index contributed by atoms with van der Waals surface area (Å²) in [7, 11) is 3.64. The number of carbonyl (C=O) groups is 4. The number of benzene rings is 2. The van der Waals surface area contributed by atoms with Crippen molar-refractivity contribution in [1.82, 2.24) is 15.1 Å². The molecule has 0 aliphatic carbocycles. The standard InChI is InChI=1S/C35H48N4O7/c1-34(2,45-23-17-35(3,4)46-27-12-10-26(11-13-27)39-20-18-37(5)19-21-39)16-22-44-29-9-7-8-25(24-40)31(29)33(43)38(6)28-14-15-30(41)36-32(28)42/h7-13,24,28H,14-23H2,1-6H3,(H,36,41,42). The fraction of sp³-hybridized carbons (Fsp3) is 0.543. The van der Waals surface area contributed by atoms with Gasteiger partial charge in [0.2, 0.25) is 11.8 Å². The van der Waals surface area contributed by atoms with Gasteiger partial charge in [-0.05, 0) is 71.5 Å². The van der Waals surface area contributed by atoms with Crippen LogP contribution in [0.5, 0.6) is 11.5 Å².